The van der Waals surface area contributed by atoms with Gasteiger partial charge in [-0.05, 0) is 31.4 Å². The van der Waals surface area contributed by atoms with Crippen LogP contribution in [0.25, 0.3) is 0 Å². The van der Waals surface area contributed by atoms with Gasteiger partial charge in [0, 0.05) is 43.9 Å². The molecule has 1 atom stereocenters. The Morgan fingerprint density at radius 3 is 2.90 bits per heavy atom. The van der Waals surface area contributed by atoms with E-state index in [9.17, 15) is 14.4 Å². The first kappa shape index (κ1) is 19.3. The van der Waals surface area contributed by atoms with Crippen molar-refractivity contribution in [1.29, 1.82) is 0 Å². The minimum Gasteiger partial charge on any atom is -0.334 e. The Morgan fingerprint density at radius 1 is 1.31 bits per heavy atom. The molecule has 1 unspecified atom stereocenters. The van der Waals surface area contributed by atoms with Gasteiger partial charge in [-0.2, -0.15) is 0 Å². The summed E-state index contributed by atoms with van der Waals surface area (Å²) in [6.07, 6.45) is 5.94. The summed E-state index contributed by atoms with van der Waals surface area (Å²) in [6.45, 7) is 5.14. The average molecular weight is 395 g/mol. The van der Waals surface area contributed by atoms with Crippen LogP contribution in [0.5, 0.6) is 0 Å². The summed E-state index contributed by atoms with van der Waals surface area (Å²) in [5.41, 5.74) is 2.46. The molecule has 0 bridgehead atoms. The molecular formula is C21H25N5O3. The van der Waals surface area contributed by atoms with E-state index in [0.717, 1.165) is 24.1 Å². The molecule has 0 saturated carbocycles. The fourth-order valence-corrected chi connectivity index (χ4v) is 4.21. The van der Waals surface area contributed by atoms with Gasteiger partial charge in [-0.3, -0.25) is 19.4 Å². The first-order chi connectivity index (χ1) is 14.0. The molecule has 1 N–H and O–H groups in total. The number of H-pyrrole nitrogens is 1. The SMILES string of the molecule is CCC(=O)N1CCCC1c1nc2c(c(=O)[nH]1)CN(C(=O)c1ccncc1C)CC2. The molecule has 0 aromatic carbocycles. The fraction of sp³-hybridized carbons (Fsp3) is 0.476. The number of pyridine rings is 1. The predicted molar refractivity (Wildman–Crippen MR) is 106 cm³/mol. The standard InChI is InChI=1S/C21H25N5O3/c1-3-18(27)26-9-4-5-17(26)19-23-16-7-10-25(12-15(16)20(28)24-19)21(29)14-6-8-22-11-13(14)2/h6,8,11,17H,3-5,7,9-10,12H2,1-2H3,(H,23,24,28). The second-order valence-electron chi connectivity index (χ2n) is 7.64. The third-order valence-corrected chi connectivity index (χ3v) is 5.82. The number of rotatable bonds is 3. The highest BCUT2D eigenvalue weighted by Gasteiger charge is 2.33. The van der Waals surface area contributed by atoms with Crippen molar-refractivity contribution in [2.45, 2.75) is 52.1 Å². The van der Waals surface area contributed by atoms with Crippen molar-refractivity contribution in [1.82, 2.24) is 24.8 Å². The number of hydrogen-bond donors (Lipinski definition) is 1. The molecule has 0 spiro atoms. The molecule has 2 aliphatic rings. The van der Waals surface area contributed by atoms with E-state index in [-0.39, 0.29) is 30.0 Å². The average Bonchev–Trinajstić information content (AvgIpc) is 3.23. The number of carbonyl (C=O) groups is 2. The second-order valence-corrected chi connectivity index (χ2v) is 7.64. The smallest absolute Gasteiger partial charge is 0.256 e. The van der Waals surface area contributed by atoms with Crippen LogP contribution in [-0.4, -0.2) is 49.7 Å². The van der Waals surface area contributed by atoms with E-state index >= 15 is 0 Å². The molecule has 8 heteroatoms. The maximum absolute atomic E-state index is 12.9. The lowest BCUT2D eigenvalue weighted by atomic mass is 10.0. The van der Waals surface area contributed by atoms with Crippen molar-refractivity contribution >= 4 is 11.8 Å². The van der Waals surface area contributed by atoms with Crippen LogP contribution in [0.3, 0.4) is 0 Å². The van der Waals surface area contributed by atoms with Gasteiger partial charge in [0.25, 0.3) is 11.5 Å². The van der Waals surface area contributed by atoms with Gasteiger partial charge in [-0.1, -0.05) is 6.92 Å². The van der Waals surface area contributed by atoms with E-state index in [1.165, 1.54) is 0 Å². The number of likely N-dealkylation sites (tertiary alicyclic amines) is 1. The maximum Gasteiger partial charge on any atom is 0.256 e. The van der Waals surface area contributed by atoms with Crippen LogP contribution >= 0.6 is 0 Å². The van der Waals surface area contributed by atoms with Crippen LogP contribution < -0.4 is 5.56 Å². The molecule has 4 heterocycles. The van der Waals surface area contributed by atoms with E-state index in [1.54, 1.807) is 23.4 Å². The summed E-state index contributed by atoms with van der Waals surface area (Å²) in [5, 5.41) is 0. The Bertz CT molecular complexity index is 1020. The zero-order valence-electron chi connectivity index (χ0n) is 16.8. The first-order valence-corrected chi connectivity index (χ1v) is 10.1. The normalized spacial score (nSPS) is 18.6. The van der Waals surface area contributed by atoms with Crippen molar-refractivity contribution < 1.29 is 9.59 Å². The molecule has 0 radical (unpaired) electrons. The van der Waals surface area contributed by atoms with Gasteiger partial charge in [0.2, 0.25) is 5.91 Å². The topological polar surface area (TPSA) is 99.3 Å². The minimum atomic E-state index is -0.218. The van der Waals surface area contributed by atoms with Gasteiger partial charge >= 0.3 is 0 Å². The molecule has 2 aromatic rings. The van der Waals surface area contributed by atoms with E-state index in [1.807, 2.05) is 18.7 Å². The number of hydrogen-bond acceptors (Lipinski definition) is 5. The van der Waals surface area contributed by atoms with E-state index < -0.39 is 0 Å². The number of fused-ring (bicyclic) bond motifs is 1. The van der Waals surface area contributed by atoms with Gasteiger partial charge < -0.3 is 14.8 Å². The number of amides is 2. The van der Waals surface area contributed by atoms with Crippen molar-refractivity contribution in [2.75, 3.05) is 13.1 Å². The van der Waals surface area contributed by atoms with Crippen molar-refractivity contribution in [3.8, 4) is 0 Å². The van der Waals surface area contributed by atoms with Gasteiger partial charge in [0.05, 0.1) is 23.8 Å². The third kappa shape index (κ3) is 3.54. The molecule has 0 aliphatic carbocycles. The summed E-state index contributed by atoms with van der Waals surface area (Å²) >= 11 is 0. The first-order valence-electron chi connectivity index (χ1n) is 10.1. The summed E-state index contributed by atoms with van der Waals surface area (Å²) in [7, 11) is 0. The fourth-order valence-electron chi connectivity index (χ4n) is 4.21. The number of aryl methyl sites for hydroxylation is 1. The van der Waals surface area contributed by atoms with Crippen LogP contribution in [0, 0.1) is 6.92 Å². The van der Waals surface area contributed by atoms with Gasteiger partial charge in [-0.25, -0.2) is 4.98 Å². The number of nitrogens with one attached hydrogen (secondary N) is 1. The summed E-state index contributed by atoms with van der Waals surface area (Å²) in [5.74, 6) is 0.546. The Kier molecular flexibility index (Phi) is 5.17. The lowest BCUT2D eigenvalue weighted by Crippen LogP contribution is -2.40. The van der Waals surface area contributed by atoms with Gasteiger partial charge in [0.15, 0.2) is 0 Å². The minimum absolute atomic E-state index is 0.0809. The lowest BCUT2D eigenvalue weighted by Gasteiger charge is -2.29. The van der Waals surface area contributed by atoms with E-state index in [4.69, 9.17) is 4.98 Å². The maximum atomic E-state index is 12.9. The van der Waals surface area contributed by atoms with Crippen LogP contribution in [-0.2, 0) is 17.8 Å². The van der Waals surface area contributed by atoms with E-state index in [2.05, 4.69) is 9.97 Å². The Morgan fingerprint density at radius 2 is 2.14 bits per heavy atom. The number of carbonyl (C=O) groups excluding carboxylic acids is 2. The van der Waals surface area contributed by atoms with Crippen molar-refractivity contribution in [3.05, 3.63) is 57.0 Å². The molecule has 2 amide bonds. The van der Waals surface area contributed by atoms with Crippen molar-refractivity contribution in [2.24, 2.45) is 0 Å². The third-order valence-electron chi connectivity index (χ3n) is 5.82. The van der Waals surface area contributed by atoms with Crippen molar-refractivity contribution in [3.63, 3.8) is 0 Å². The largest absolute Gasteiger partial charge is 0.334 e. The van der Waals surface area contributed by atoms with Crippen LogP contribution in [0.4, 0.5) is 0 Å². The molecule has 4 rings (SSSR count). The highest BCUT2D eigenvalue weighted by molar-refractivity contribution is 5.95. The molecule has 2 aliphatic heterocycles. The molecule has 1 fully saturated rings. The molecule has 152 valence electrons. The van der Waals surface area contributed by atoms with Crippen LogP contribution in [0.2, 0.25) is 0 Å². The molecule has 29 heavy (non-hydrogen) atoms. The molecule has 1 saturated heterocycles. The van der Waals surface area contributed by atoms with Gasteiger partial charge in [0.1, 0.15) is 5.82 Å². The van der Waals surface area contributed by atoms with Crippen LogP contribution in [0.1, 0.15) is 65.2 Å². The Labute approximate surface area is 169 Å². The molecule has 8 nitrogen and oxygen atoms in total. The quantitative estimate of drug-likeness (QED) is 0.854. The number of nitrogens with zero attached hydrogens (tertiary/aromatic N) is 4. The summed E-state index contributed by atoms with van der Waals surface area (Å²) in [4.78, 5) is 53.0. The zero-order chi connectivity index (χ0) is 20.5. The summed E-state index contributed by atoms with van der Waals surface area (Å²) < 4.78 is 0. The lowest BCUT2D eigenvalue weighted by molar-refractivity contribution is -0.131. The molecule has 2 aromatic heterocycles. The summed E-state index contributed by atoms with van der Waals surface area (Å²) in [6, 6.07) is 1.54. The Hall–Kier alpha value is -3.03. The number of aromatic amines is 1. The monoisotopic (exact) mass is 395 g/mol. The Balaban J connectivity index is 1.59. The van der Waals surface area contributed by atoms with Gasteiger partial charge in [-0.15, -0.1) is 0 Å². The van der Waals surface area contributed by atoms with Crippen LogP contribution in [0.15, 0.2) is 23.3 Å². The van der Waals surface area contributed by atoms with E-state index in [0.29, 0.717) is 42.9 Å². The highest BCUT2D eigenvalue weighted by Crippen LogP contribution is 2.30. The number of aromatic nitrogens is 3. The molecular weight excluding hydrogens is 370 g/mol. The highest BCUT2D eigenvalue weighted by atomic mass is 16.2. The zero-order valence-corrected chi connectivity index (χ0v) is 16.8. The predicted octanol–water partition coefficient (Wildman–Crippen LogP) is 1.75. The second kappa shape index (κ2) is 7.77.